The average Bonchev–Trinajstić information content (AvgIpc) is 3.33. The van der Waals surface area contributed by atoms with Crippen molar-refractivity contribution in [2.45, 2.75) is 124 Å². The number of amides is 5. The van der Waals surface area contributed by atoms with Crippen molar-refractivity contribution in [3.8, 4) is 0 Å². The molecule has 0 bridgehead atoms. The summed E-state index contributed by atoms with van der Waals surface area (Å²) >= 11 is 0. The van der Waals surface area contributed by atoms with E-state index in [1.165, 1.54) is 40.7 Å². The van der Waals surface area contributed by atoms with Gasteiger partial charge in [0.25, 0.3) is 5.91 Å². The van der Waals surface area contributed by atoms with Gasteiger partial charge in [-0.05, 0) is 45.1 Å². The van der Waals surface area contributed by atoms with Crippen LogP contribution >= 0.6 is 0 Å². The van der Waals surface area contributed by atoms with Gasteiger partial charge in [-0.3, -0.25) is 38.6 Å². The molecule has 1 aromatic rings. The van der Waals surface area contributed by atoms with E-state index < -0.39 is 116 Å². The summed E-state index contributed by atoms with van der Waals surface area (Å²) in [7, 11) is 1.62. The largest absolute Gasteiger partial charge is 0.428 e. The van der Waals surface area contributed by atoms with Crippen LogP contribution in [0.25, 0.3) is 0 Å². The van der Waals surface area contributed by atoms with Crippen molar-refractivity contribution in [2.75, 3.05) is 27.2 Å². The molecule has 0 radical (unpaired) electrons. The highest BCUT2D eigenvalue weighted by Crippen LogP contribution is 2.19. The number of esters is 4. The van der Waals surface area contributed by atoms with Gasteiger partial charge in [0.15, 0.2) is 5.96 Å². The number of rotatable bonds is 19. The Bertz CT molecular complexity index is 2090. The SMILES string of the molecule is C/C=C1/NC(=O)CC[C@H](C(=O)OCOC(=O)CC)NC(=O)[C@@H](C)[C@H](/C=C/C(C)=C/[C@H](C)[C@H](Cc2ccccc2)OC)NC(=O)[C@H](CCCN=C(N)N)NC(=O)[C@@H](C)[C@H](C(=O)OCOC(=O)CC)NC1=O. The first-order valence-electron chi connectivity index (χ1n) is 23.1. The lowest BCUT2D eigenvalue weighted by atomic mass is 9.94. The maximum absolute atomic E-state index is 14.4. The molecule has 5 amide bonds. The number of carbonyl (C=O) groups excluding carboxylic acids is 9. The molecule has 0 unspecified atom stereocenters. The Morgan fingerprint density at radius 3 is 2.03 bits per heavy atom. The van der Waals surface area contributed by atoms with Gasteiger partial charge in [0.05, 0.1) is 24.0 Å². The van der Waals surface area contributed by atoms with Crippen molar-refractivity contribution in [2.24, 2.45) is 34.2 Å². The first-order chi connectivity index (χ1) is 33.2. The fourth-order valence-corrected chi connectivity index (χ4v) is 6.77. The van der Waals surface area contributed by atoms with Crippen LogP contribution in [0.15, 0.2) is 70.9 Å². The number of hydrogen-bond donors (Lipinski definition) is 7. The quantitative estimate of drug-likeness (QED) is 0.0196. The Hall–Kier alpha value is -7.10. The summed E-state index contributed by atoms with van der Waals surface area (Å²) < 4.78 is 25.8. The Balaban J connectivity index is 2.73. The highest BCUT2D eigenvalue weighted by atomic mass is 16.7. The molecule has 1 fully saturated rings. The monoisotopic (exact) mass is 983 g/mol. The Labute approximate surface area is 408 Å². The molecule has 2 rings (SSSR count). The Morgan fingerprint density at radius 1 is 0.829 bits per heavy atom. The summed E-state index contributed by atoms with van der Waals surface area (Å²) in [6.45, 7) is 9.40. The highest BCUT2D eigenvalue weighted by Gasteiger charge is 2.37. The maximum atomic E-state index is 14.4. The molecule has 386 valence electrons. The van der Waals surface area contributed by atoms with Gasteiger partial charge in [0.1, 0.15) is 23.8 Å². The Kier molecular flexibility index (Phi) is 26.2. The fraction of sp³-hybridized carbons (Fsp3) is 0.542. The number of allylic oxidation sites excluding steroid dienone is 3. The highest BCUT2D eigenvalue weighted by molar-refractivity contribution is 6.01. The standard InChI is InChI=1S/C48H70N8O14/c1-9-33-44(62)56-41(47(65)70-27-68-40(59)11-3)31(7)43(61)54-35(18-15-23-51-48(49)50)45(63)53-34(20-19-28(4)24-29(5)37(66-8)25-32-16-13-12-14-17-32)30(6)42(60)55-36(21-22-38(57)52-33)46(64)69-26-67-39(58)10-2/h9,12-14,16-17,19-20,24,29-31,34-37,41H,10-11,15,18,21-23,25-27H2,1-8H3,(H,52,57)(H,53,63)(H,54,61)(H,55,60)(H,56,62)(H4,49,50,51)/b20-19+,28-24+,33-9+/t29-,30-,31-,34-,35-,36+,37-,41+/m0/s1. The van der Waals surface area contributed by atoms with Crippen molar-refractivity contribution in [3.63, 3.8) is 0 Å². The molecule has 1 saturated heterocycles. The summed E-state index contributed by atoms with van der Waals surface area (Å²) in [6.07, 6.45) is 5.99. The van der Waals surface area contributed by atoms with Crippen molar-refractivity contribution < 1.29 is 66.8 Å². The first-order valence-corrected chi connectivity index (χ1v) is 23.1. The van der Waals surface area contributed by atoms with Gasteiger partial charge in [0.2, 0.25) is 37.2 Å². The van der Waals surface area contributed by atoms with E-state index in [1.807, 2.05) is 50.3 Å². The van der Waals surface area contributed by atoms with Crippen molar-refractivity contribution >= 4 is 59.4 Å². The van der Waals surface area contributed by atoms with E-state index in [4.69, 9.17) is 35.2 Å². The lowest BCUT2D eigenvalue weighted by Crippen LogP contribution is -2.56. The summed E-state index contributed by atoms with van der Waals surface area (Å²) in [6, 6.07) is 4.00. The summed E-state index contributed by atoms with van der Waals surface area (Å²) in [5, 5.41) is 12.8. The molecule has 1 aromatic carbocycles. The van der Waals surface area contributed by atoms with E-state index in [9.17, 15) is 43.2 Å². The van der Waals surface area contributed by atoms with E-state index in [2.05, 4.69) is 31.6 Å². The molecular formula is C48H70N8O14. The normalized spacial score (nSPS) is 22.5. The third kappa shape index (κ3) is 21.0. The molecule has 1 aliphatic rings. The second kappa shape index (κ2) is 31.1. The molecule has 22 nitrogen and oxygen atoms in total. The molecule has 8 atom stereocenters. The second-order valence-electron chi connectivity index (χ2n) is 16.4. The summed E-state index contributed by atoms with van der Waals surface area (Å²) in [5.74, 6) is -10.9. The summed E-state index contributed by atoms with van der Waals surface area (Å²) in [4.78, 5) is 124. The molecule has 70 heavy (non-hydrogen) atoms. The number of carbonyl (C=O) groups is 9. The van der Waals surface area contributed by atoms with Crippen LogP contribution < -0.4 is 38.1 Å². The van der Waals surface area contributed by atoms with Crippen molar-refractivity contribution in [3.05, 3.63) is 71.5 Å². The number of nitrogens with one attached hydrogen (secondary N) is 5. The van der Waals surface area contributed by atoms with Crippen molar-refractivity contribution in [1.82, 2.24) is 26.6 Å². The van der Waals surface area contributed by atoms with E-state index >= 15 is 0 Å². The van der Waals surface area contributed by atoms with Gasteiger partial charge in [-0.1, -0.05) is 94.8 Å². The predicted octanol–water partition coefficient (Wildman–Crippen LogP) is 1.37. The molecule has 0 aromatic heterocycles. The zero-order chi connectivity index (χ0) is 52.3. The van der Waals surface area contributed by atoms with Crippen LogP contribution in [-0.4, -0.2) is 117 Å². The lowest BCUT2D eigenvalue weighted by molar-refractivity contribution is -0.171. The van der Waals surface area contributed by atoms with Crippen LogP contribution in [0.5, 0.6) is 0 Å². The second-order valence-corrected chi connectivity index (χ2v) is 16.4. The molecule has 0 aliphatic carbocycles. The molecule has 1 aliphatic heterocycles. The zero-order valence-electron chi connectivity index (χ0n) is 41.2. The van der Waals surface area contributed by atoms with Crippen LogP contribution in [0, 0.1) is 17.8 Å². The molecule has 22 heteroatoms. The molecule has 0 spiro atoms. The van der Waals surface area contributed by atoms with E-state index in [0.717, 1.165) is 11.1 Å². The number of nitrogens with two attached hydrogens (primary N) is 2. The van der Waals surface area contributed by atoms with Gasteiger partial charge in [-0.2, -0.15) is 0 Å². The number of aliphatic imine (C=N–C) groups is 1. The van der Waals surface area contributed by atoms with Gasteiger partial charge >= 0.3 is 23.9 Å². The smallest absolute Gasteiger partial charge is 0.332 e. The number of methoxy groups -OCH3 is 1. The minimum absolute atomic E-state index is 0.0128. The topological polar surface area (TPSA) is 324 Å². The van der Waals surface area contributed by atoms with Crippen LogP contribution in [0.1, 0.15) is 92.6 Å². The van der Waals surface area contributed by atoms with Crippen LogP contribution in [0.4, 0.5) is 0 Å². The number of benzene rings is 1. The molecule has 0 saturated carbocycles. The van der Waals surface area contributed by atoms with Gasteiger partial charge < -0.3 is 61.7 Å². The average molecular weight is 983 g/mol. The molecular weight excluding hydrogens is 913 g/mol. The van der Waals surface area contributed by atoms with Crippen LogP contribution in [-0.2, 0) is 73.3 Å². The number of ether oxygens (including phenoxy) is 5. The van der Waals surface area contributed by atoms with Gasteiger partial charge in [-0.15, -0.1) is 0 Å². The van der Waals surface area contributed by atoms with Gasteiger partial charge in [0, 0.05) is 38.8 Å². The first kappa shape index (κ1) is 59.0. The third-order valence-electron chi connectivity index (χ3n) is 11.0. The predicted molar refractivity (Wildman–Crippen MR) is 255 cm³/mol. The fourth-order valence-electron chi connectivity index (χ4n) is 6.77. The van der Waals surface area contributed by atoms with Gasteiger partial charge in [-0.25, -0.2) is 9.59 Å². The minimum Gasteiger partial charge on any atom is -0.428 e. The number of nitrogens with zero attached hydrogens (tertiary/aromatic N) is 1. The number of hydrogen-bond acceptors (Lipinski definition) is 15. The summed E-state index contributed by atoms with van der Waals surface area (Å²) in [5.41, 5.74) is 12.5. The minimum atomic E-state index is -1.78. The third-order valence-corrected chi connectivity index (χ3v) is 11.0. The zero-order valence-corrected chi connectivity index (χ0v) is 41.2. The van der Waals surface area contributed by atoms with Crippen LogP contribution in [0.3, 0.4) is 0 Å². The maximum Gasteiger partial charge on any atom is 0.332 e. The molecule has 1 heterocycles. The van der Waals surface area contributed by atoms with E-state index in [-0.39, 0.29) is 55.9 Å². The Morgan fingerprint density at radius 2 is 1.44 bits per heavy atom. The van der Waals surface area contributed by atoms with Crippen LogP contribution in [0.2, 0.25) is 0 Å². The lowest BCUT2D eigenvalue weighted by Gasteiger charge is -2.28. The number of guanidine groups is 1. The van der Waals surface area contributed by atoms with E-state index in [0.29, 0.717) is 6.42 Å². The molecule has 9 N–H and O–H groups in total. The van der Waals surface area contributed by atoms with E-state index in [1.54, 1.807) is 19.3 Å². The van der Waals surface area contributed by atoms with Crippen molar-refractivity contribution in [1.29, 1.82) is 0 Å².